The van der Waals surface area contributed by atoms with E-state index in [1.807, 2.05) is 25.1 Å². The highest BCUT2D eigenvalue weighted by atomic mass is 16.5. The predicted octanol–water partition coefficient (Wildman–Crippen LogP) is 1.93. The van der Waals surface area contributed by atoms with E-state index in [1.54, 1.807) is 7.11 Å². The molecule has 0 saturated heterocycles. The standard InChI is InChI=1S/C11H18N2O2/c1-3-12-10-6-4-7-11(13-10)15-9-5-8-14-2/h4,6-7H,3,5,8-9H2,1-2H3,(H,12,13). The lowest BCUT2D eigenvalue weighted by Gasteiger charge is -2.07. The topological polar surface area (TPSA) is 43.4 Å². The van der Waals surface area contributed by atoms with Gasteiger partial charge < -0.3 is 14.8 Å². The Bertz CT molecular complexity index is 279. The maximum Gasteiger partial charge on any atom is 0.215 e. The molecule has 0 unspecified atom stereocenters. The first-order valence-electron chi connectivity index (χ1n) is 5.19. The maximum absolute atomic E-state index is 5.46. The number of hydrogen-bond acceptors (Lipinski definition) is 4. The third kappa shape index (κ3) is 4.65. The first kappa shape index (κ1) is 11.8. The molecule has 84 valence electrons. The minimum absolute atomic E-state index is 0.635. The number of aromatic nitrogens is 1. The van der Waals surface area contributed by atoms with Crippen molar-refractivity contribution in [3.8, 4) is 5.88 Å². The summed E-state index contributed by atoms with van der Waals surface area (Å²) in [7, 11) is 1.68. The molecular weight excluding hydrogens is 192 g/mol. The van der Waals surface area contributed by atoms with Crippen LogP contribution in [0.2, 0.25) is 0 Å². The summed E-state index contributed by atoms with van der Waals surface area (Å²) in [5.74, 6) is 1.51. The van der Waals surface area contributed by atoms with Gasteiger partial charge in [-0.05, 0) is 13.0 Å². The highest BCUT2D eigenvalue weighted by molar-refractivity contribution is 5.36. The summed E-state index contributed by atoms with van der Waals surface area (Å²) < 4.78 is 10.4. The van der Waals surface area contributed by atoms with E-state index < -0.39 is 0 Å². The third-order valence-corrected chi connectivity index (χ3v) is 1.82. The summed E-state index contributed by atoms with van der Waals surface area (Å²) >= 11 is 0. The molecule has 0 amide bonds. The van der Waals surface area contributed by atoms with Crippen molar-refractivity contribution < 1.29 is 9.47 Å². The molecule has 4 nitrogen and oxygen atoms in total. The average Bonchev–Trinajstić information content (AvgIpc) is 2.26. The summed E-state index contributed by atoms with van der Waals surface area (Å²) in [6, 6.07) is 5.70. The lowest BCUT2D eigenvalue weighted by molar-refractivity contribution is 0.170. The first-order valence-corrected chi connectivity index (χ1v) is 5.19. The lowest BCUT2D eigenvalue weighted by Crippen LogP contribution is -2.04. The van der Waals surface area contributed by atoms with E-state index in [0.29, 0.717) is 19.1 Å². The molecule has 1 aromatic rings. The molecule has 0 bridgehead atoms. The van der Waals surface area contributed by atoms with Gasteiger partial charge in [0.15, 0.2) is 0 Å². The van der Waals surface area contributed by atoms with Gasteiger partial charge in [0.1, 0.15) is 5.82 Å². The van der Waals surface area contributed by atoms with Gasteiger partial charge in [0.25, 0.3) is 0 Å². The van der Waals surface area contributed by atoms with Gasteiger partial charge in [-0.1, -0.05) is 6.07 Å². The Morgan fingerprint density at radius 1 is 1.33 bits per heavy atom. The van der Waals surface area contributed by atoms with Gasteiger partial charge in [-0.2, -0.15) is 4.98 Å². The van der Waals surface area contributed by atoms with Crippen molar-refractivity contribution in [3.63, 3.8) is 0 Å². The number of anilines is 1. The van der Waals surface area contributed by atoms with Crippen molar-refractivity contribution in [1.29, 1.82) is 0 Å². The van der Waals surface area contributed by atoms with E-state index in [1.165, 1.54) is 0 Å². The molecule has 4 heteroatoms. The molecule has 1 heterocycles. The Kier molecular flexibility index (Phi) is 5.55. The summed E-state index contributed by atoms with van der Waals surface area (Å²) in [5, 5.41) is 3.13. The zero-order chi connectivity index (χ0) is 10.9. The van der Waals surface area contributed by atoms with Crippen LogP contribution in [0.3, 0.4) is 0 Å². The molecule has 1 N–H and O–H groups in total. The fourth-order valence-electron chi connectivity index (χ4n) is 1.15. The molecule has 1 rings (SSSR count). The maximum atomic E-state index is 5.46. The Balaban J connectivity index is 2.36. The van der Waals surface area contributed by atoms with E-state index in [0.717, 1.165) is 18.8 Å². The minimum atomic E-state index is 0.635. The largest absolute Gasteiger partial charge is 0.478 e. The number of ether oxygens (including phenoxy) is 2. The Morgan fingerprint density at radius 3 is 2.93 bits per heavy atom. The van der Waals surface area contributed by atoms with Crippen molar-refractivity contribution in [1.82, 2.24) is 4.98 Å². The normalized spacial score (nSPS) is 10.0. The fraction of sp³-hybridized carbons (Fsp3) is 0.545. The molecule has 0 aliphatic carbocycles. The lowest BCUT2D eigenvalue weighted by atomic mass is 10.4. The fourth-order valence-corrected chi connectivity index (χ4v) is 1.15. The van der Waals surface area contributed by atoms with Gasteiger partial charge in [-0.25, -0.2) is 0 Å². The number of methoxy groups -OCH3 is 1. The van der Waals surface area contributed by atoms with Gasteiger partial charge in [-0.15, -0.1) is 0 Å². The Hall–Kier alpha value is -1.29. The summed E-state index contributed by atoms with van der Waals surface area (Å²) in [4.78, 5) is 4.29. The number of rotatable bonds is 7. The van der Waals surface area contributed by atoms with Crippen LogP contribution in [0.4, 0.5) is 5.82 Å². The van der Waals surface area contributed by atoms with E-state index in [2.05, 4.69) is 10.3 Å². The molecule has 0 fully saturated rings. The number of nitrogens with zero attached hydrogens (tertiary/aromatic N) is 1. The van der Waals surface area contributed by atoms with Crippen LogP contribution in [0.5, 0.6) is 5.88 Å². The van der Waals surface area contributed by atoms with E-state index in [4.69, 9.17) is 9.47 Å². The molecular formula is C11H18N2O2. The van der Waals surface area contributed by atoms with E-state index >= 15 is 0 Å². The van der Waals surface area contributed by atoms with Crippen LogP contribution in [0.25, 0.3) is 0 Å². The third-order valence-electron chi connectivity index (χ3n) is 1.82. The molecule has 0 spiro atoms. The van der Waals surface area contributed by atoms with Crippen molar-refractivity contribution in [2.24, 2.45) is 0 Å². The Morgan fingerprint density at radius 2 is 2.20 bits per heavy atom. The van der Waals surface area contributed by atoms with Crippen molar-refractivity contribution in [2.45, 2.75) is 13.3 Å². The van der Waals surface area contributed by atoms with Gasteiger partial charge in [0.2, 0.25) is 5.88 Å². The van der Waals surface area contributed by atoms with Crippen LogP contribution >= 0.6 is 0 Å². The second-order valence-electron chi connectivity index (χ2n) is 3.09. The summed E-state index contributed by atoms with van der Waals surface area (Å²) in [6.07, 6.45) is 0.879. The Labute approximate surface area is 90.6 Å². The molecule has 0 aliphatic heterocycles. The predicted molar refractivity (Wildman–Crippen MR) is 60.4 cm³/mol. The van der Waals surface area contributed by atoms with Gasteiger partial charge >= 0.3 is 0 Å². The van der Waals surface area contributed by atoms with Gasteiger partial charge in [0, 0.05) is 32.7 Å². The van der Waals surface area contributed by atoms with Crippen molar-refractivity contribution in [2.75, 3.05) is 32.2 Å². The molecule has 0 aliphatic rings. The highest BCUT2D eigenvalue weighted by Crippen LogP contribution is 2.11. The monoisotopic (exact) mass is 210 g/mol. The second-order valence-corrected chi connectivity index (χ2v) is 3.09. The number of nitrogens with one attached hydrogen (secondary N) is 1. The minimum Gasteiger partial charge on any atom is -0.478 e. The molecule has 0 saturated carbocycles. The van der Waals surface area contributed by atoms with Crippen LogP contribution in [-0.4, -0.2) is 31.9 Å². The first-order chi connectivity index (χ1) is 7.36. The average molecular weight is 210 g/mol. The molecule has 0 radical (unpaired) electrons. The van der Waals surface area contributed by atoms with Crippen LogP contribution in [0, 0.1) is 0 Å². The molecule has 15 heavy (non-hydrogen) atoms. The highest BCUT2D eigenvalue weighted by Gasteiger charge is 1.97. The summed E-state index contributed by atoms with van der Waals surface area (Å²) in [5.41, 5.74) is 0. The van der Waals surface area contributed by atoms with Crippen LogP contribution in [0.1, 0.15) is 13.3 Å². The van der Waals surface area contributed by atoms with E-state index in [-0.39, 0.29) is 0 Å². The zero-order valence-electron chi connectivity index (χ0n) is 9.32. The molecule has 0 aromatic carbocycles. The number of hydrogen-bond donors (Lipinski definition) is 1. The molecule has 1 aromatic heterocycles. The number of pyridine rings is 1. The van der Waals surface area contributed by atoms with Crippen LogP contribution in [0.15, 0.2) is 18.2 Å². The zero-order valence-corrected chi connectivity index (χ0v) is 9.32. The second kappa shape index (κ2) is 7.06. The van der Waals surface area contributed by atoms with Crippen LogP contribution in [-0.2, 0) is 4.74 Å². The van der Waals surface area contributed by atoms with Gasteiger partial charge in [-0.3, -0.25) is 0 Å². The van der Waals surface area contributed by atoms with Crippen LogP contribution < -0.4 is 10.1 Å². The van der Waals surface area contributed by atoms with Gasteiger partial charge in [0.05, 0.1) is 6.61 Å². The smallest absolute Gasteiger partial charge is 0.215 e. The van der Waals surface area contributed by atoms with E-state index in [9.17, 15) is 0 Å². The SMILES string of the molecule is CCNc1cccc(OCCCOC)n1. The van der Waals surface area contributed by atoms with Crippen molar-refractivity contribution >= 4 is 5.82 Å². The van der Waals surface area contributed by atoms with Crippen molar-refractivity contribution in [3.05, 3.63) is 18.2 Å². The quantitative estimate of drug-likeness (QED) is 0.698. The summed E-state index contributed by atoms with van der Waals surface area (Å²) in [6.45, 7) is 4.25. The molecule has 0 atom stereocenters.